The lowest BCUT2D eigenvalue weighted by atomic mass is 10.0. The van der Waals surface area contributed by atoms with Gasteiger partial charge in [-0.05, 0) is 35.9 Å². The van der Waals surface area contributed by atoms with Crippen LogP contribution < -0.4 is 5.32 Å². The summed E-state index contributed by atoms with van der Waals surface area (Å²) in [6, 6.07) is 14.1. The Morgan fingerprint density at radius 3 is 2.66 bits per heavy atom. The van der Waals surface area contributed by atoms with Gasteiger partial charge < -0.3 is 5.32 Å². The molecule has 0 spiro atoms. The number of aromatic nitrogens is 2. The zero-order chi connectivity index (χ0) is 22.3. The summed E-state index contributed by atoms with van der Waals surface area (Å²) in [5, 5.41) is 9.76. The van der Waals surface area contributed by atoms with Gasteiger partial charge in [-0.15, -0.1) is 11.3 Å². The fourth-order valence-corrected chi connectivity index (χ4v) is 4.62. The quantitative estimate of drug-likeness (QED) is 0.507. The number of hydrogen-bond donors (Lipinski definition) is 1. The first kappa shape index (κ1) is 22.4. The maximum absolute atomic E-state index is 12.5. The van der Waals surface area contributed by atoms with E-state index in [1.807, 2.05) is 46.6 Å². The summed E-state index contributed by atoms with van der Waals surface area (Å²) in [6.45, 7) is 1.61. The van der Waals surface area contributed by atoms with Crippen molar-refractivity contribution in [1.29, 1.82) is 0 Å². The van der Waals surface area contributed by atoms with E-state index >= 15 is 0 Å². The molecule has 1 fully saturated rings. The van der Waals surface area contributed by atoms with Crippen molar-refractivity contribution in [3.63, 3.8) is 0 Å². The zero-order valence-electron chi connectivity index (χ0n) is 17.7. The van der Waals surface area contributed by atoms with Gasteiger partial charge in [0.05, 0.1) is 18.0 Å². The molecule has 1 aliphatic rings. The van der Waals surface area contributed by atoms with Gasteiger partial charge >= 0.3 is 0 Å². The van der Waals surface area contributed by atoms with Gasteiger partial charge in [0.2, 0.25) is 5.91 Å². The van der Waals surface area contributed by atoms with Gasteiger partial charge in [0, 0.05) is 37.0 Å². The van der Waals surface area contributed by atoms with Gasteiger partial charge in [-0.2, -0.15) is 5.10 Å². The van der Waals surface area contributed by atoms with Crippen LogP contribution in [0.5, 0.6) is 0 Å². The molecule has 3 aromatic rings. The lowest BCUT2D eigenvalue weighted by Gasteiger charge is -2.31. The smallest absolute Gasteiger partial charge is 0.251 e. The largest absolute Gasteiger partial charge is 0.350 e. The Morgan fingerprint density at radius 1 is 1.19 bits per heavy atom. The minimum Gasteiger partial charge on any atom is -0.350 e. The van der Waals surface area contributed by atoms with E-state index in [-0.39, 0.29) is 18.5 Å². The van der Waals surface area contributed by atoms with E-state index in [2.05, 4.69) is 17.4 Å². The van der Waals surface area contributed by atoms with Crippen LogP contribution in [0.1, 0.15) is 24.0 Å². The van der Waals surface area contributed by atoms with Crippen LogP contribution in [0.2, 0.25) is 0 Å². The first-order valence-corrected chi connectivity index (χ1v) is 11.6. The molecule has 5 nitrogen and oxygen atoms in total. The van der Waals surface area contributed by atoms with E-state index in [4.69, 9.17) is 5.10 Å². The van der Waals surface area contributed by atoms with Crippen LogP contribution in [0.3, 0.4) is 0 Å². The Morgan fingerprint density at radius 2 is 1.97 bits per heavy atom. The molecule has 2 aromatic heterocycles. The summed E-state index contributed by atoms with van der Waals surface area (Å²) >= 11 is 1.61. The van der Waals surface area contributed by atoms with Crippen molar-refractivity contribution >= 4 is 23.3 Å². The second kappa shape index (κ2) is 10.7. The van der Waals surface area contributed by atoms with Gasteiger partial charge in [-0.25, -0.2) is 8.78 Å². The second-order valence-electron chi connectivity index (χ2n) is 7.90. The second-order valence-corrected chi connectivity index (χ2v) is 8.85. The highest BCUT2D eigenvalue weighted by Gasteiger charge is 2.22. The Hall–Kier alpha value is -2.84. The highest BCUT2D eigenvalue weighted by molar-refractivity contribution is 7.13. The number of hydrogen-bond acceptors (Lipinski definition) is 4. The third-order valence-corrected chi connectivity index (χ3v) is 6.35. The SMILES string of the molecule is O=C(/C=C/c1cn(Cc2ccccc2)nc1-c1cccs1)NC1CCN(CC(F)F)CC1. The summed E-state index contributed by atoms with van der Waals surface area (Å²) in [7, 11) is 0. The molecule has 8 heteroatoms. The van der Waals surface area contributed by atoms with Crippen molar-refractivity contribution in [2.75, 3.05) is 19.6 Å². The predicted octanol–water partition coefficient (Wildman–Crippen LogP) is 4.52. The minimum atomic E-state index is -2.32. The summed E-state index contributed by atoms with van der Waals surface area (Å²) < 4.78 is 26.9. The first-order chi connectivity index (χ1) is 15.6. The van der Waals surface area contributed by atoms with Crippen LogP contribution in [-0.4, -0.2) is 52.7 Å². The average molecular weight is 457 g/mol. The maximum atomic E-state index is 12.5. The number of amides is 1. The Balaban J connectivity index is 1.40. The monoisotopic (exact) mass is 456 g/mol. The molecule has 32 heavy (non-hydrogen) atoms. The lowest BCUT2D eigenvalue weighted by Crippen LogP contribution is -2.45. The highest BCUT2D eigenvalue weighted by Crippen LogP contribution is 2.28. The van der Waals surface area contributed by atoms with Gasteiger partial charge in [0.1, 0.15) is 5.69 Å². The summed E-state index contributed by atoms with van der Waals surface area (Å²) in [4.78, 5) is 15.3. The Kier molecular flexibility index (Phi) is 7.44. The molecule has 1 aliphatic heterocycles. The van der Waals surface area contributed by atoms with Crippen molar-refractivity contribution in [3.8, 4) is 10.6 Å². The van der Waals surface area contributed by atoms with Crippen molar-refractivity contribution in [2.45, 2.75) is 31.9 Å². The van der Waals surface area contributed by atoms with Gasteiger partial charge in [0.15, 0.2) is 0 Å². The lowest BCUT2D eigenvalue weighted by molar-refractivity contribution is -0.117. The normalized spacial score (nSPS) is 15.6. The molecule has 0 bridgehead atoms. The topological polar surface area (TPSA) is 50.2 Å². The van der Waals surface area contributed by atoms with E-state index in [0.717, 1.165) is 21.7 Å². The Bertz CT molecular complexity index is 1030. The van der Waals surface area contributed by atoms with E-state index in [0.29, 0.717) is 32.5 Å². The van der Waals surface area contributed by atoms with E-state index < -0.39 is 6.43 Å². The summed E-state index contributed by atoms with van der Waals surface area (Å²) in [5.74, 6) is -0.176. The van der Waals surface area contributed by atoms with Crippen LogP contribution >= 0.6 is 11.3 Å². The highest BCUT2D eigenvalue weighted by atomic mass is 32.1. The first-order valence-electron chi connectivity index (χ1n) is 10.7. The van der Waals surface area contributed by atoms with Gasteiger partial charge in [-0.3, -0.25) is 14.4 Å². The van der Waals surface area contributed by atoms with Crippen molar-refractivity contribution < 1.29 is 13.6 Å². The zero-order valence-corrected chi connectivity index (χ0v) is 18.5. The van der Waals surface area contributed by atoms with Crippen LogP contribution in [0.25, 0.3) is 16.6 Å². The molecule has 0 unspecified atom stereocenters. The molecule has 0 radical (unpaired) electrons. The predicted molar refractivity (Wildman–Crippen MR) is 124 cm³/mol. The number of rotatable bonds is 8. The van der Waals surface area contributed by atoms with Crippen LogP contribution in [0.15, 0.2) is 60.1 Å². The molecule has 1 aromatic carbocycles. The number of halogens is 2. The number of likely N-dealkylation sites (tertiary alicyclic amines) is 1. The maximum Gasteiger partial charge on any atom is 0.251 e. The molecule has 168 valence electrons. The molecule has 4 rings (SSSR count). The molecule has 0 aliphatic carbocycles. The molecule has 3 heterocycles. The van der Waals surface area contributed by atoms with Crippen molar-refractivity contribution in [1.82, 2.24) is 20.0 Å². The average Bonchev–Trinajstić information content (AvgIpc) is 3.44. The van der Waals surface area contributed by atoms with E-state index in [9.17, 15) is 13.6 Å². The number of benzene rings is 1. The number of nitrogens with zero attached hydrogens (tertiary/aromatic N) is 3. The molecule has 0 saturated carbocycles. The van der Waals surface area contributed by atoms with Gasteiger partial charge in [-0.1, -0.05) is 36.4 Å². The molecular formula is C24H26F2N4OS. The number of carbonyl (C=O) groups excluding carboxylic acids is 1. The molecule has 1 amide bonds. The summed E-state index contributed by atoms with van der Waals surface area (Å²) in [6.07, 6.45) is 4.33. The molecule has 1 N–H and O–H groups in total. The molecule has 0 atom stereocenters. The standard InChI is InChI=1S/C24H26F2N4OS/c25-22(26)17-29-12-10-20(11-13-29)27-23(31)9-8-19-16-30(15-18-5-2-1-3-6-18)28-24(19)21-7-4-14-32-21/h1-9,14,16,20,22H,10-13,15,17H2,(H,27,31)/b9-8+. The minimum absolute atomic E-state index is 0.0126. The van der Waals surface area contributed by atoms with Gasteiger partial charge in [0.25, 0.3) is 6.43 Å². The number of thiophene rings is 1. The van der Waals surface area contributed by atoms with Crippen LogP contribution in [0, 0.1) is 0 Å². The number of carbonyl (C=O) groups is 1. The third kappa shape index (κ3) is 6.11. The third-order valence-electron chi connectivity index (χ3n) is 5.48. The number of alkyl halides is 2. The van der Waals surface area contributed by atoms with Crippen LogP contribution in [-0.2, 0) is 11.3 Å². The fourth-order valence-electron chi connectivity index (χ4n) is 3.88. The van der Waals surface area contributed by atoms with Crippen molar-refractivity contribution in [2.24, 2.45) is 0 Å². The van der Waals surface area contributed by atoms with Crippen LogP contribution in [0.4, 0.5) is 8.78 Å². The fraction of sp³-hybridized carbons (Fsp3) is 0.333. The van der Waals surface area contributed by atoms with Crippen molar-refractivity contribution in [3.05, 3.63) is 71.2 Å². The van der Waals surface area contributed by atoms with E-state index in [1.54, 1.807) is 22.3 Å². The summed E-state index contributed by atoms with van der Waals surface area (Å²) in [5.41, 5.74) is 2.88. The van der Waals surface area contributed by atoms with E-state index in [1.165, 1.54) is 6.08 Å². The molecular weight excluding hydrogens is 430 g/mol. The molecule has 1 saturated heterocycles. The Labute approximate surface area is 190 Å². The number of piperidine rings is 1. The number of nitrogens with one attached hydrogen (secondary N) is 1.